The van der Waals surface area contributed by atoms with Gasteiger partial charge in [-0.05, 0) is 103 Å². The molecule has 1 aromatic carbocycles. The van der Waals surface area contributed by atoms with Gasteiger partial charge in [0.15, 0.2) is 0 Å². The van der Waals surface area contributed by atoms with Crippen LogP contribution in [0.4, 0.5) is 0 Å². The molecule has 1 N–H and O–H groups in total. The van der Waals surface area contributed by atoms with Crippen molar-refractivity contribution in [1.29, 1.82) is 0 Å². The minimum atomic E-state index is -3.71. The van der Waals surface area contributed by atoms with Crippen LogP contribution in [0.25, 0.3) is 5.57 Å². The molecule has 0 spiro atoms. The maximum Gasteiger partial charge on any atom is 0.304 e. The predicted molar refractivity (Wildman–Crippen MR) is 133 cm³/mol. The number of hydrogen-bond acceptors (Lipinski definition) is 5. The van der Waals surface area contributed by atoms with Gasteiger partial charge in [-0.15, -0.1) is 0 Å². The Labute approximate surface area is 207 Å². The summed E-state index contributed by atoms with van der Waals surface area (Å²) in [5.74, 6) is 0.589. The normalized spacial score (nSPS) is 27.7. The molecule has 1 saturated carbocycles. The molecule has 1 fully saturated rings. The van der Waals surface area contributed by atoms with E-state index in [4.69, 9.17) is 5.11 Å². The third-order valence-electron chi connectivity index (χ3n) is 8.72. The van der Waals surface area contributed by atoms with Gasteiger partial charge in [0, 0.05) is 13.6 Å². The zero-order valence-corrected chi connectivity index (χ0v) is 21.4. The van der Waals surface area contributed by atoms with Gasteiger partial charge in [0.2, 0.25) is 10.0 Å². The first kappa shape index (κ1) is 24.1. The first-order valence-electron chi connectivity index (χ1n) is 12.4. The Morgan fingerprint density at radius 1 is 1.26 bits per heavy atom. The van der Waals surface area contributed by atoms with Crippen LogP contribution in [0.15, 0.2) is 41.4 Å². The summed E-state index contributed by atoms with van der Waals surface area (Å²) in [6.07, 6.45) is 9.29. The standard InChI is InChI=1S/C27H33N3O4S/c1-17-14-19(16-28-29-17)24-8-9-25-23-6-4-18-15-20(35(33,34)30(3)13-11-26(31)32)5-7-21(18)22(23)10-12-27(24,25)2/h5,7-8,14-16,22-23,25H,4,6,9-13H2,1-3H3,(H,31,32)/t22?,23?,25?,27-/m1/s1. The molecular formula is C27H33N3O4S. The second-order valence-corrected chi connectivity index (χ2v) is 12.7. The average molecular weight is 496 g/mol. The SMILES string of the molecule is Cc1cc(C2=CCC3C4CCc5cc(S(=O)(=O)N(C)CCC(=O)O)ccc5C4CC[C@]23C)cnn1. The molecule has 3 aliphatic rings. The molecule has 1 aromatic heterocycles. The molecule has 5 rings (SSSR count). The molecule has 186 valence electrons. The van der Waals surface area contributed by atoms with E-state index in [0.29, 0.717) is 17.8 Å². The Morgan fingerprint density at radius 2 is 2.06 bits per heavy atom. The van der Waals surface area contributed by atoms with Crippen LogP contribution in [0, 0.1) is 24.2 Å². The number of carboxylic acids is 1. The number of nitrogens with zero attached hydrogens (tertiary/aromatic N) is 3. The first-order valence-corrected chi connectivity index (χ1v) is 13.9. The van der Waals surface area contributed by atoms with Crippen molar-refractivity contribution in [2.75, 3.05) is 13.6 Å². The maximum atomic E-state index is 13.0. The Morgan fingerprint density at radius 3 is 2.80 bits per heavy atom. The molecule has 8 heteroatoms. The van der Waals surface area contributed by atoms with E-state index >= 15 is 0 Å². The van der Waals surface area contributed by atoms with E-state index in [9.17, 15) is 13.2 Å². The number of aromatic nitrogens is 2. The van der Waals surface area contributed by atoms with Gasteiger partial charge in [0.1, 0.15) is 0 Å². The molecule has 0 bridgehead atoms. The van der Waals surface area contributed by atoms with Crippen molar-refractivity contribution in [2.45, 2.75) is 63.2 Å². The number of carboxylic acid groups (broad SMARTS) is 1. The fraction of sp³-hybridized carbons (Fsp3) is 0.519. The predicted octanol–water partition coefficient (Wildman–Crippen LogP) is 4.43. The molecule has 2 aromatic rings. The summed E-state index contributed by atoms with van der Waals surface area (Å²) in [5.41, 5.74) is 6.10. The maximum absolute atomic E-state index is 13.0. The highest BCUT2D eigenvalue weighted by Gasteiger charge is 2.52. The molecular weight excluding hydrogens is 462 g/mol. The highest BCUT2D eigenvalue weighted by molar-refractivity contribution is 7.89. The number of fused-ring (bicyclic) bond motifs is 5. The molecule has 3 aliphatic carbocycles. The third-order valence-corrected chi connectivity index (χ3v) is 10.6. The Hall–Kier alpha value is -2.58. The minimum absolute atomic E-state index is 0.0401. The van der Waals surface area contributed by atoms with Crippen molar-refractivity contribution >= 4 is 21.6 Å². The van der Waals surface area contributed by atoms with Crippen LogP contribution in [0.5, 0.6) is 0 Å². The fourth-order valence-electron chi connectivity index (χ4n) is 6.91. The first-order chi connectivity index (χ1) is 16.6. The van der Waals surface area contributed by atoms with Crippen LogP contribution in [0.2, 0.25) is 0 Å². The van der Waals surface area contributed by atoms with E-state index < -0.39 is 16.0 Å². The van der Waals surface area contributed by atoms with E-state index in [0.717, 1.165) is 47.7 Å². The fourth-order valence-corrected chi connectivity index (χ4v) is 8.13. The van der Waals surface area contributed by atoms with E-state index in [-0.39, 0.29) is 23.3 Å². The van der Waals surface area contributed by atoms with Gasteiger partial charge in [0.25, 0.3) is 0 Å². The van der Waals surface area contributed by atoms with E-state index in [2.05, 4.69) is 29.3 Å². The van der Waals surface area contributed by atoms with Gasteiger partial charge in [-0.25, -0.2) is 12.7 Å². The van der Waals surface area contributed by atoms with Gasteiger partial charge >= 0.3 is 5.97 Å². The van der Waals surface area contributed by atoms with Gasteiger partial charge < -0.3 is 5.11 Å². The number of aliphatic carboxylic acids is 1. The van der Waals surface area contributed by atoms with Crippen molar-refractivity contribution in [3.8, 4) is 0 Å². The summed E-state index contributed by atoms with van der Waals surface area (Å²) in [5, 5.41) is 17.2. The van der Waals surface area contributed by atoms with Crippen LogP contribution in [-0.2, 0) is 21.2 Å². The molecule has 0 amide bonds. The quantitative estimate of drug-likeness (QED) is 0.636. The van der Waals surface area contributed by atoms with Gasteiger partial charge in [-0.1, -0.05) is 19.1 Å². The summed E-state index contributed by atoms with van der Waals surface area (Å²) < 4.78 is 27.2. The Kier molecular flexibility index (Phi) is 6.08. The van der Waals surface area contributed by atoms with Gasteiger partial charge in [-0.3, -0.25) is 4.79 Å². The number of carbonyl (C=O) groups is 1. The average Bonchev–Trinajstić information content (AvgIpc) is 3.19. The van der Waals surface area contributed by atoms with Crippen LogP contribution in [0.3, 0.4) is 0 Å². The van der Waals surface area contributed by atoms with Crippen molar-refractivity contribution in [3.05, 3.63) is 58.9 Å². The monoisotopic (exact) mass is 495 g/mol. The molecule has 0 radical (unpaired) electrons. The van der Waals surface area contributed by atoms with Crippen LogP contribution in [-0.4, -0.2) is 47.6 Å². The lowest BCUT2D eigenvalue weighted by Gasteiger charge is -2.50. The molecule has 4 atom stereocenters. The molecule has 1 heterocycles. The number of allylic oxidation sites excluding steroid dienone is 2. The largest absolute Gasteiger partial charge is 0.481 e. The van der Waals surface area contributed by atoms with E-state index in [1.54, 1.807) is 6.07 Å². The van der Waals surface area contributed by atoms with Gasteiger partial charge in [0.05, 0.1) is 23.2 Å². The summed E-state index contributed by atoms with van der Waals surface area (Å²) >= 11 is 0. The molecule has 3 unspecified atom stereocenters. The molecule has 0 saturated heterocycles. The summed E-state index contributed by atoms with van der Waals surface area (Å²) in [6.45, 7) is 4.36. The van der Waals surface area contributed by atoms with Crippen LogP contribution in [0.1, 0.15) is 67.3 Å². The second-order valence-electron chi connectivity index (χ2n) is 10.6. The number of aryl methyl sites for hydroxylation is 2. The summed E-state index contributed by atoms with van der Waals surface area (Å²) in [7, 11) is -2.27. The smallest absolute Gasteiger partial charge is 0.304 e. The van der Waals surface area contributed by atoms with Crippen molar-refractivity contribution in [1.82, 2.24) is 14.5 Å². The zero-order chi connectivity index (χ0) is 25.0. The number of rotatable bonds is 6. The van der Waals surface area contributed by atoms with Crippen molar-refractivity contribution in [2.24, 2.45) is 17.3 Å². The molecule has 0 aliphatic heterocycles. The summed E-state index contributed by atoms with van der Waals surface area (Å²) in [4.78, 5) is 11.1. The van der Waals surface area contributed by atoms with Crippen LogP contribution >= 0.6 is 0 Å². The highest BCUT2D eigenvalue weighted by Crippen LogP contribution is 2.63. The molecule has 35 heavy (non-hydrogen) atoms. The van der Waals surface area contributed by atoms with E-state index in [1.807, 2.05) is 25.3 Å². The second kappa shape index (κ2) is 8.82. The van der Waals surface area contributed by atoms with Crippen molar-refractivity contribution < 1.29 is 18.3 Å². The van der Waals surface area contributed by atoms with Crippen LogP contribution < -0.4 is 0 Å². The number of hydrogen-bond donors (Lipinski definition) is 1. The number of sulfonamides is 1. The topological polar surface area (TPSA) is 100 Å². The Balaban J connectivity index is 1.39. The minimum Gasteiger partial charge on any atom is -0.481 e. The summed E-state index contributed by atoms with van der Waals surface area (Å²) in [6, 6.07) is 7.71. The highest BCUT2D eigenvalue weighted by atomic mass is 32.2. The molecule has 7 nitrogen and oxygen atoms in total. The van der Waals surface area contributed by atoms with Gasteiger partial charge in [-0.2, -0.15) is 10.2 Å². The van der Waals surface area contributed by atoms with E-state index in [1.165, 1.54) is 23.7 Å². The van der Waals surface area contributed by atoms with Crippen molar-refractivity contribution in [3.63, 3.8) is 0 Å². The lowest BCUT2D eigenvalue weighted by atomic mass is 9.54. The lowest BCUT2D eigenvalue weighted by Crippen LogP contribution is -2.41. The zero-order valence-electron chi connectivity index (χ0n) is 20.6. The third kappa shape index (κ3) is 4.10. The number of benzene rings is 1. The Bertz CT molecular complexity index is 1310. The lowest BCUT2D eigenvalue weighted by molar-refractivity contribution is -0.137.